The number of anilines is 1. The predicted octanol–water partition coefficient (Wildman–Crippen LogP) is 3.74. The lowest BCUT2D eigenvalue weighted by Crippen LogP contribution is -2.38. The number of hydrogen-bond acceptors (Lipinski definition) is 4. The molecule has 1 aliphatic rings. The molecule has 0 aromatic heterocycles. The van der Waals surface area contributed by atoms with Crippen molar-refractivity contribution in [3.63, 3.8) is 0 Å². The van der Waals surface area contributed by atoms with E-state index >= 15 is 0 Å². The molecule has 158 valence electrons. The molecule has 5 nitrogen and oxygen atoms in total. The van der Waals surface area contributed by atoms with E-state index in [-0.39, 0.29) is 29.8 Å². The fraction of sp³-hybridized carbons (Fsp3) is 0.381. The van der Waals surface area contributed by atoms with E-state index in [9.17, 15) is 4.39 Å². The molecule has 0 saturated carbocycles. The topological polar surface area (TPSA) is 48.9 Å². The van der Waals surface area contributed by atoms with E-state index in [1.165, 1.54) is 4.90 Å². The number of nitrogens with zero attached hydrogens (tertiary/aromatic N) is 2. The summed E-state index contributed by atoms with van der Waals surface area (Å²) in [4.78, 5) is 7.51. The molecule has 8 heteroatoms. The Hall–Kier alpha value is -1.52. The van der Waals surface area contributed by atoms with E-state index in [1.54, 1.807) is 24.9 Å². The number of thioether (sulfide) groups is 1. The van der Waals surface area contributed by atoms with Gasteiger partial charge in [0.25, 0.3) is 0 Å². The van der Waals surface area contributed by atoms with E-state index in [0.29, 0.717) is 31.4 Å². The van der Waals surface area contributed by atoms with E-state index in [4.69, 9.17) is 4.74 Å². The summed E-state index contributed by atoms with van der Waals surface area (Å²) in [5.41, 5.74) is 1.53. The lowest BCUT2D eigenvalue weighted by atomic mass is 10.1. The van der Waals surface area contributed by atoms with Gasteiger partial charge in [-0.15, -0.1) is 35.7 Å². The first-order valence-corrected chi connectivity index (χ1v) is 10.5. The summed E-state index contributed by atoms with van der Waals surface area (Å²) in [6.07, 6.45) is 0. The minimum atomic E-state index is -0.191. The molecule has 2 N–H and O–H groups in total. The molecule has 1 heterocycles. The van der Waals surface area contributed by atoms with Gasteiger partial charge in [-0.1, -0.05) is 24.3 Å². The molecule has 1 aliphatic heterocycles. The van der Waals surface area contributed by atoms with Gasteiger partial charge in [0.15, 0.2) is 5.96 Å². The predicted molar refractivity (Wildman–Crippen MR) is 130 cm³/mol. The van der Waals surface area contributed by atoms with Crippen molar-refractivity contribution in [2.75, 3.05) is 50.5 Å². The second-order valence-corrected chi connectivity index (χ2v) is 7.57. The molecule has 1 saturated heterocycles. The van der Waals surface area contributed by atoms with Gasteiger partial charge in [-0.2, -0.15) is 0 Å². The Morgan fingerprint density at radius 2 is 1.90 bits per heavy atom. The van der Waals surface area contributed by atoms with Crippen LogP contribution in [0.2, 0.25) is 0 Å². The summed E-state index contributed by atoms with van der Waals surface area (Å²) in [6.45, 7) is 4.06. The van der Waals surface area contributed by atoms with Crippen molar-refractivity contribution in [2.45, 2.75) is 11.4 Å². The summed E-state index contributed by atoms with van der Waals surface area (Å²) >= 11 is 1.80. The number of guanidine groups is 1. The second kappa shape index (κ2) is 12.9. The zero-order valence-electron chi connectivity index (χ0n) is 16.6. The molecule has 0 amide bonds. The molecule has 0 atom stereocenters. The largest absolute Gasteiger partial charge is 0.378 e. The maximum Gasteiger partial charge on any atom is 0.191 e. The van der Waals surface area contributed by atoms with Crippen LogP contribution in [0.4, 0.5) is 10.1 Å². The first kappa shape index (κ1) is 23.8. The summed E-state index contributed by atoms with van der Waals surface area (Å²) in [6, 6.07) is 15.7. The molecular weight excluding hydrogens is 502 g/mol. The quantitative estimate of drug-likeness (QED) is 0.188. The average molecular weight is 530 g/mol. The van der Waals surface area contributed by atoms with Gasteiger partial charge in [-0.3, -0.25) is 4.99 Å². The van der Waals surface area contributed by atoms with Crippen molar-refractivity contribution >= 4 is 47.4 Å². The van der Waals surface area contributed by atoms with Gasteiger partial charge in [0, 0.05) is 43.9 Å². The number of halogens is 2. The SMILES string of the molecule is CN=C(NCCSc1ccccc1)NCc1ccc(N2CCOCC2)c(F)c1.I. The van der Waals surface area contributed by atoms with E-state index in [1.807, 2.05) is 35.2 Å². The van der Waals surface area contributed by atoms with Crippen LogP contribution in [0.3, 0.4) is 0 Å². The van der Waals surface area contributed by atoms with Crippen molar-refractivity contribution < 1.29 is 9.13 Å². The average Bonchev–Trinajstić information content (AvgIpc) is 2.74. The molecule has 29 heavy (non-hydrogen) atoms. The number of benzene rings is 2. The maximum absolute atomic E-state index is 14.5. The van der Waals surface area contributed by atoms with Crippen LogP contribution in [0, 0.1) is 5.82 Å². The fourth-order valence-corrected chi connectivity index (χ4v) is 3.77. The van der Waals surface area contributed by atoms with Crippen LogP contribution in [-0.2, 0) is 11.3 Å². The van der Waals surface area contributed by atoms with E-state index in [0.717, 1.165) is 31.0 Å². The highest BCUT2D eigenvalue weighted by molar-refractivity contribution is 14.0. The van der Waals surface area contributed by atoms with Crippen LogP contribution in [0.1, 0.15) is 5.56 Å². The number of ether oxygens (including phenoxy) is 1. The van der Waals surface area contributed by atoms with Crippen LogP contribution in [0.5, 0.6) is 0 Å². The lowest BCUT2D eigenvalue weighted by Gasteiger charge is -2.29. The monoisotopic (exact) mass is 530 g/mol. The molecule has 0 unspecified atom stereocenters. The zero-order valence-corrected chi connectivity index (χ0v) is 19.7. The van der Waals surface area contributed by atoms with Gasteiger partial charge in [-0.05, 0) is 29.8 Å². The van der Waals surface area contributed by atoms with Crippen molar-refractivity contribution in [1.29, 1.82) is 0 Å². The van der Waals surface area contributed by atoms with Crippen molar-refractivity contribution in [3.8, 4) is 0 Å². The number of nitrogens with one attached hydrogen (secondary N) is 2. The summed E-state index contributed by atoms with van der Waals surface area (Å²) in [7, 11) is 1.74. The summed E-state index contributed by atoms with van der Waals surface area (Å²) in [5, 5.41) is 6.53. The number of rotatable bonds is 7. The number of hydrogen-bond donors (Lipinski definition) is 2. The van der Waals surface area contributed by atoms with E-state index < -0.39 is 0 Å². The van der Waals surface area contributed by atoms with Crippen LogP contribution >= 0.6 is 35.7 Å². The summed E-state index contributed by atoms with van der Waals surface area (Å²) in [5.74, 6) is 1.46. The first-order chi connectivity index (χ1) is 13.8. The third-order valence-electron chi connectivity index (χ3n) is 4.45. The standard InChI is InChI=1S/C21H27FN4OS.HI/c1-23-21(24-9-14-28-18-5-3-2-4-6-18)25-16-17-7-8-20(19(22)15-17)26-10-12-27-13-11-26;/h2-8,15H,9-14,16H2,1H3,(H2,23,24,25);1H. The van der Waals surface area contributed by atoms with Crippen molar-refractivity contribution in [2.24, 2.45) is 4.99 Å². The molecule has 2 aromatic rings. The Balaban J connectivity index is 0.00000300. The molecular formula is C21H28FIN4OS. The molecule has 0 bridgehead atoms. The third-order valence-corrected chi connectivity index (χ3v) is 5.47. The highest BCUT2D eigenvalue weighted by Gasteiger charge is 2.15. The maximum atomic E-state index is 14.5. The highest BCUT2D eigenvalue weighted by Crippen LogP contribution is 2.21. The smallest absolute Gasteiger partial charge is 0.191 e. The van der Waals surface area contributed by atoms with Gasteiger partial charge in [0.05, 0.1) is 18.9 Å². The number of morpholine rings is 1. The van der Waals surface area contributed by atoms with Crippen molar-refractivity contribution in [1.82, 2.24) is 10.6 Å². The molecule has 2 aromatic carbocycles. The molecule has 3 rings (SSSR count). The minimum Gasteiger partial charge on any atom is -0.378 e. The molecule has 0 spiro atoms. The van der Waals surface area contributed by atoms with Crippen LogP contribution in [0.25, 0.3) is 0 Å². The number of aliphatic imine (C=N–C) groups is 1. The first-order valence-electron chi connectivity index (χ1n) is 9.50. The van der Waals surface area contributed by atoms with Crippen LogP contribution in [-0.4, -0.2) is 51.6 Å². The van der Waals surface area contributed by atoms with Crippen molar-refractivity contribution in [3.05, 3.63) is 59.9 Å². The second-order valence-electron chi connectivity index (χ2n) is 6.40. The van der Waals surface area contributed by atoms with Gasteiger partial charge < -0.3 is 20.3 Å². The van der Waals surface area contributed by atoms with Gasteiger partial charge >= 0.3 is 0 Å². The minimum absolute atomic E-state index is 0. The van der Waals surface area contributed by atoms with Gasteiger partial charge in [-0.25, -0.2) is 4.39 Å². The normalized spacial score (nSPS) is 14.3. The lowest BCUT2D eigenvalue weighted by molar-refractivity contribution is 0.122. The zero-order chi connectivity index (χ0) is 19.6. The Morgan fingerprint density at radius 3 is 2.59 bits per heavy atom. The molecule has 0 radical (unpaired) electrons. The van der Waals surface area contributed by atoms with Crippen LogP contribution in [0.15, 0.2) is 58.4 Å². The van der Waals surface area contributed by atoms with Gasteiger partial charge in [0.1, 0.15) is 5.82 Å². The van der Waals surface area contributed by atoms with Crippen LogP contribution < -0.4 is 15.5 Å². The molecule has 1 fully saturated rings. The summed E-state index contributed by atoms with van der Waals surface area (Å²) < 4.78 is 19.8. The Labute approximate surface area is 193 Å². The Bertz CT molecular complexity index is 773. The van der Waals surface area contributed by atoms with Gasteiger partial charge in [0.2, 0.25) is 0 Å². The Kier molecular flexibility index (Phi) is 10.6. The molecule has 0 aliphatic carbocycles. The third kappa shape index (κ3) is 7.67. The van der Waals surface area contributed by atoms with E-state index in [2.05, 4.69) is 27.8 Å². The fourth-order valence-electron chi connectivity index (χ4n) is 2.98. The highest BCUT2D eigenvalue weighted by atomic mass is 127. The Morgan fingerprint density at radius 1 is 1.14 bits per heavy atom.